The van der Waals surface area contributed by atoms with E-state index < -0.39 is 6.04 Å². The van der Waals surface area contributed by atoms with Crippen LogP contribution in [0.5, 0.6) is 0 Å². The molecule has 0 spiro atoms. The van der Waals surface area contributed by atoms with Crippen LogP contribution in [-0.2, 0) is 24.3 Å². The SMILES string of the molecule is CN1[C@H](C(=O)N2CCc3ccccc3C2)[C@@H](CO)[C@@H]2Cn3c(ccc(-c4cncnc4)c3=O)[C@@H]21. The van der Waals surface area contributed by atoms with Gasteiger partial charge in [0.1, 0.15) is 6.33 Å². The van der Waals surface area contributed by atoms with Crippen molar-refractivity contribution in [2.45, 2.75) is 31.6 Å². The molecule has 1 saturated heterocycles. The average Bonchev–Trinajstić information content (AvgIpc) is 3.39. The first kappa shape index (κ1) is 21.2. The van der Waals surface area contributed by atoms with Crippen LogP contribution in [0.1, 0.15) is 22.9 Å². The number of fused-ring (bicyclic) bond motifs is 4. The Balaban J connectivity index is 1.31. The third-order valence-electron chi connectivity index (χ3n) is 7.92. The number of pyridine rings is 1. The lowest BCUT2D eigenvalue weighted by molar-refractivity contribution is -0.138. The molecule has 3 aliphatic rings. The summed E-state index contributed by atoms with van der Waals surface area (Å²) in [7, 11) is 1.95. The summed E-state index contributed by atoms with van der Waals surface area (Å²) in [6.45, 7) is 1.69. The van der Waals surface area contributed by atoms with E-state index in [1.54, 1.807) is 17.0 Å². The van der Waals surface area contributed by atoms with Gasteiger partial charge in [-0.1, -0.05) is 24.3 Å². The minimum atomic E-state index is -0.406. The Labute approximate surface area is 197 Å². The van der Waals surface area contributed by atoms with Gasteiger partial charge >= 0.3 is 0 Å². The number of hydrogen-bond donors (Lipinski definition) is 1. The molecule has 0 saturated carbocycles. The van der Waals surface area contributed by atoms with Crippen molar-refractivity contribution in [3.05, 3.63) is 82.3 Å². The van der Waals surface area contributed by atoms with E-state index in [1.807, 2.05) is 36.2 Å². The molecular weight excluding hydrogens is 430 g/mol. The highest BCUT2D eigenvalue weighted by atomic mass is 16.3. The molecule has 0 unspecified atom stereocenters. The number of nitrogens with zero attached hydrogens (tertiary/aromatic N) is 5. The molecule has 8 heteroatoms. The number of amides is 1. The molecular formula is C26H27N5O3. The first-order chi connectivity index (χ1) is 16.6. The molecule has 34 heavy (non-hydrogen) atoms. The molecule has 6 rings (SSSR count). The number of carbonyl (C=O) groups is 1. The minimum absolute atomic E-state index is 0.00370. The molecule has 174 valence electrons. The van der Waals surface area contributed by atoms with E-state index in [9.17, 15) is 14.7 Å². The summed E-state index contributed by atoms with van der Waals surface area (Å²) in [5.74, 6) is -0.170. The van der Waals surface area contributed by atoms with Crippen molar-refractivity contribution >= 4 is 5.91 Å². The first-order valence-corrected chi connectivity index (χ1v) is 11.8. The molecule has 1 aromatic carbocycles. The highest BCUT2D eigenvalue weighted by Gasteiger charge is 2.55. The van der Waals surface area contributed by atoms with Gasteiger partial charge in [0.25, 0.3) is 5.56 Å². The van der Waals surface area contributed by atoms with Crippen LogP contribution in [0.15, 0.2) is 59.9 Å². The summed E-state index contributed by atoms with van der Waals surface area (Å²) in [6, 6.07) is 11.6. The summed E-state index contributed by atoms with van der Waals surface area (Å²) in [5.41, 5.74) is 4.56. The summed E-state index contributed by atoms with van der Waals surface area (Å²) in [6.07, 6.45) is 5.57. The predicted molar refractivity (Wildman–Crippen MR) is 126 cm³/mol. The normalized spacial score (nSPS) is 25.6. The predicted octanol–water partition coefficient (Wildman–Crippen LogP) is 1.48. The van der Waals surface area contributed by atoms with Crippen LogP contribution in [-0.4, -0.2) is 61.6 Å². The van der Waals surface area contributed by atoms with Crippen LogP contribution in [0.4, 0.5) is 0 Å². The average molecular weight is 458 g/mol. The topological polar surface area (TPSA) is 91.6 Å². The number of aromatic nitrogens is 3. The second-order valence-corrected chi connectivity index (χ2v) is 9.56. The molecule has 5 heterocycles. The molecule has 8 nitrogen and oxygen atoms in total. The maximum atomic E-state index is 13.7. The van der Waals surface area contributed by atoms with Crippen molar-refractivity contribution in [3.63, 3.8) is 0 Å². The number of aliphatic hydroxyl groups is 1. The third-order valence-corrected chi connectivity index (χ3v) is 7.92. The van der Waals surface area contributed by atoms with Crippen LogP contribution >= 0.6 is 0 Å². The Morgan fingerprint density at radius 3 is 2.65 bits per heavy atom. The minimum Gasteiger partial charge on any atom is -0.396 e. The zero-order valence-corrected chi connectivity index (χ0v) is 19.0. The van der Waals surface area contributed by atoms with Crippen molar-refractivity contribution < 1.29 is 9.90 Å². The van der Waals surface area contributed by atoms with Crippen molar-refractivity contribution in [1.82, 2.24) is 24.3 Å². The van der Waals surface area contributed by atoms with E-state index in [4.69, 9.17) is 0 Å². The molecule has 0 bridgehead atoms. The van der Waals surface area contributed by atoms with E-state index in [1.165, 1.54) is 17.5 Å². The molecule has 3 aliphatic heterocycles. The number of benzene rings is 1. The van der Waals surface area contributed by atoms with Gasteiger partial charge in [-0.25, -0.2) is 9.97 Å². The highest BCUT2D eigenvalue weighted by molar-refractivity contribution is 5.83. The first-order valence-electron chi connectivity index (χ1n) is 11.8. The second-order valence-electron chi connectivity index (χ2n) is 9.56. The zero-order valence-electron chi connectivity index (χ0n) is 19.0. The summed E-state index contributed by atoms with van der Waals surface area (Å²) < 4.78 is 1.80. The fourth-order valence-electron chi connectivity index (χ4n) is 6.28. The van der Waals surface area contributed by atoms with E-state index in [2.05, 4.69) is 27.0 Å². The van der Waals surface area contributed by atoms with Crippen molar-refractivity contribution in [3.8, 4) is 11.1 Å². The quantitative estimate of drug-likeness (QED) is 0.641. The smallest absolute Gasteiger partial charge is 0.258 e. The largest absolute Gasteiger partial charge is 0.396 e. The van der Waals surface area contributed by atoms with Gasteiger partial charge < -0.3 is 14.6 Å². The van der Waals surface area contributed by atoms with Crippen LogP contribution in [0.25, 0.3) is 11.1 Å². The summed E-state index contributed by atoms with van der Waals surface area (Å²) >= 11 is 0. The Hall–Kier alpha value is -3.36. The number of carbonyl (C=O) groups excluding carboxylic acids is 1. The molecule has 4 atom stereocenters. The summed E-state index contributed by atoms with van der Waals surface area (Å²) in [4.78, 5) is 39.1. The van der Waals surface area contributed by atoms with Gasteiger partial charge in [-0.3, -0.25) is 14.5 Å². The van der Waals surface area contributed by atoms with Gasteiger partial charge in [-0.2, -0.15) is 0 Å². The maximum absolute atomic E-state index is 13.7. The number of hydrogen-bond acceptors (Lipinski definition) is 6. The monoisotopic (exact) mass is 457 g/mol. The fraction of sp³-hybridized carbons (Fsp3) is 0.385. The van der Waals surface area contributed by atoms with Gasteiger partial charge in [0.05, 0.1) is 17.6 Å². The lowest BCUT2D eigenvalue weighted by Crippen LogP contribution is -2.50. The molecule has 1 fully saturated rings. The zero-order chi connectivity index (χ0) is 23.4. The Bertz CT molecular complexity index is 1310. The maximum Gasteiger partial charge on any atom is 0.258 e. The fourth-order valence-corrected chi connectivity index (χ4v) is 6.28. The van der Waals surface area contributed by atoms with E-state index in [-0.39, 0.29) is 36.0 Å². The number of rotatable bonds is 3. The Kier molecular flexibility index (Phi) is 5.08. The molecule has 3 aromatic rings. The van der Waals surface area contributed by atoms with Gasteiger partial charge in [0.2, 0.25) is 5.91 Å². The van der Waals surface area contributed by atoms with Crippen LogP contribution in [0.3, 0.4) is 0 Å². The standard InChI is InChI=1S/C26H27N5O3/c1-29-23-20(13-31-22(23)7-6-19(25(31)33)18-10-27-15-28-11-18)21(14-32)24(29)26(34)30-9-8-16-4-2-3-5-17(16)12-30/h2-7,10-11,15,20-21,23-24,32H,8-9,12-14H2,1H3/t20-,21-,23+,24-/m0/s1. The van der Waals surface area contributed by atoms with Crippen LogP contribution < -0.4 is 5.56 Å². The number of likely N-dealkylation sites (tertiary alicyclic amines) is 1. The lowest BCUT2D eigenvalue weighted by atomic mass is 9.87. The number of aliphatic hydroxyl groups excluding tert-OH is 1. The van der Waals surface area contributed by atoms with E-state index >= 15 is 0 Å². The van der Waals surface area contributed by atoms with Gasteiger partial charge in [-0.05, 0) is 36.7 Å². The highest BCUT2D eigenvalue weighted by Crippen LogP contribution is 2.48. The Morgan fingerprint density at radius 1 is 1.12 bits per heavy atom. The molecule has 2 aromatic heterocycles. The van der Waals surface area contributed by atoms with Gasteiger partial charge in [0, 0.05) is 61.7 Å². The van der Waals surface area contributed by atoms with Crippen molar-refractivity contribution in [2.24, 2.45) is 11.8 Å². The lowest BCUT2D eigenvalue weighted by Gasteiger charge is -2.35. The van der Waals surface area contributed by atoms with Gasteiger partial charge in [0.15, 0.2) is 0 Å². The Morgan fingerprint density at radius 2 is 1.88 bits per heavy atom. The third kappa shape index (κ3) is 3.13. The van der Waals surface area contributed by atoms with E-state index in [0.29, 0.717) is 30.8 Å². The molecule has 0 aliphatic carbocycles. The van der Waals surface area contributed by atoms with E-state index in [0.717, 1.165) is 12.1 Å². The van der Waals surface area contributed by atoms with Crippen LogP contribution in [0, 0.1) is 11.8 Å². The van der Waals surface area contributed by atoms with Crippen molar-refractivity contribution in [1.29, 1.82) is 0 Å². The molecule has 1 N–H and O–H groups in total. The number of likely N-dealkylation sites (N-methyl/N-ethyl adjacent to an activating group) is 1. The second kappa shape index (κ2) is 8.14. The summed E-state index contributed by atoms with van der Waals surface area (Å²) in [5, 5.41) is 10.4. The van der Waals surface area contributed by atoms with Gasteiger partial charge in [-0.15, -0.1) is 0 Å². The van der Waals surface area contributed by atoms with Crippen molar-refractivity contribution in [2.75, 3.05) is 20.2 Å². The van der Waals surface area contributed by atoms with Crippen LogP contribution in [0.2, 0.25) is 0 Å². The molecule has 1 amide bonds. The molecule has 0 radical (unpaired) electrons.